The molecule has 17 heavy (non-hydrogen) atoms. The van der Waals surface area contributed by atoms with Crippen LogP contribution in [0, 0.1) is 5.92 Å². The molecule has 1 aromatic carbocycles. The van der Waals surface area contributed by atoms with Gasteiger partial charge < -0.3 is 15.7 Å². The van der Waals surface area contributed by atoms with Gasteiger partial charge in [0.05, 0.1) is 0 Å². The number of rotatable bonds is 3. The molecule has 0 bridgehead atoms. The zero-order valence-corrected chi connectivity index (χ0v) is 8.74. The summed E-state index contributed by atoms with van der Waals surface area (Å²) >= 11 is 0. The number of nitrogens with zero attached hydrogens (tertiary/aromatic N) is 1. The standard InChI is InChI=1S/C11H10N2O4/c12-10(14)9-7(11(15)16)8(13-17-9)6-4-2-1-3-5-6/h1-5,7,9H,(H2,12,14)(H,15,16)/t7-,9+/m0/s1. The number of amides is 1. The molecular formula is C11H10N2O4. The van der Waals surface area contributed by atoms with Crippen LogP contribution in [0.2, 0.25) is 0 Å². The van der Waals surface area contributed by atoms with Gasteiger partial charge in [-0.3, -0.25) is 9.59 Å². The Balaban J connectivity index is 2.36. The molecule has 1 aliphatic heterocycles. The minimum atomic E-state index is -1.25. The van der Waals surface area contributed by atoms with Crippen LogP contribution in [0.3, 0.4) is 0 Å². The summed E-state index contributed by atoms with van der Waals surface area (Å²) in [5.74, 6) is -3.18. The first-order valence-corrected chi connectivity index (χ1v) is 4.92. The van der Waals surface area contributed by atoms with Crippen LogP contribution in [-0.2, 0) is 14.4 Å². The Bertz CT molecular complexity index is 484. The maximum atomic E-state index is 11.1. The van der Waals surface area contributed by atoms with Crippen molar-refractivity contribution >= 4 is 17.6 Å². The van der Waals surface area contributed by atoms with E-state index in [-0.39, 0.29) is 5.71 Å². The maximum absolute atomic E-state index is 11.1. The number of aliphatic carboxylic acids is 1. The summed E-state index contributed by atoms with van der Waals surface area (Å²) < 4.78 is 0. The summed E-state index contributed by atoms with van der Waals surface area (Å²) in [4.78, 5) is 27.0. The van der Waals surface area contributed by atoms with Gasteiger partial charge in [-0.1, -0.05) is 35.5 Å². The first-order valence-electron chi connectivity index (χ1n) is 4.92. The quantitative estimate of drug-likeness (QED) is 0.766. The Morgan fingerprint density at radius 3 is 2.47 bits per heavy atom. The molecule has 1 heterocycles. The maximum Gasteiger partial charge on any atom is 0.317 e. The average Bonchev–Trinajstić information content (AvgIpc) is 2.74. The second-order valence-electron chi connectivity index (χ2n) is 3.59. The van der Waals surface area contributed by atoms with Crippen molar-refractivity contribution in [2.24, 2.45) is 16.8 Å². The van der Waals surface area contributed by atoms with Crippen LogP contribution in [0.4, 0.5) is 0 Å². The van der Waals surface area contributed by atoms with Crippen molar-refractivity contribution in [2.45, 2.75) is 6.10 Å². The lowest BCUT2D eigenvalue weighted by molar-refractivity contribution is -0.147. The van der Waals surface area contributed by atoms with E-state index in [9.17, 15) is 9.59 Å². The smallest absolute Gasteiger partial charge is 0.317 e. The fourth-order valence-corrected chi connectivity index (χ4v) is 1.68. The lowest BCUT2D eigenvalue weighted by atomic mass is 9.92. The highest BCUT2D eigenvalue weighted by Gasteiger charge is 2.44. The van der Waals surface area contributed by atoms with Crippen LogP contribution in [0.1, 0.15) is 5.56 Å². The molecule has 6 nitrogen and oxygen atoms in total. The number of benzene rings is 1. The van der Waals surface area contributed by atoms with E-state index in [0.29, 0.717) is 5.56 Å². The van der Waals surface area contributed by atoms with Gasteiger partial charge in [-0.2, -0.15) is 0 Å². The van der Waals surface area contributed by atoms with Gasteiger partial charge in [0.25, 0.3) is 5.91 Å². The summed E-state index contributed by atoms with van der Waals surface area (Å²) in [6.07, 6.45) is -1.25. The third-order valence-corrected chi connectivity index (χ3v) is 2.48. The van der Waals surface area contributed by atoms with Crippen molar-refractivity contribution in [1.29, 1.82) is 0 Å². The number of carbonyl (C=O) groups excluding carboxylic acids is 1. The molecule has 2 atom stereocenters. The highest BCUT2D eigenvalue weighted by molar-refractivity contribution is 6.15. The number of carboxylic acids is 1. The molecule has 1 aromatic rings. The lowest BCUT2D eigenvalue weighted by Crippen LogP contribution is -2.40. The normalized spacial score (nSPS) is 22.7. The van der Waals surface area contributed by atoms with Crippen LogP contribution < -0.4 is 5.73 Å². The second-order valence-corrected chi connectivity index (χ2v) is 3.59. The molecule has 0 aromatic heterocycles. The number of nitrogens with two attached hydrogens (primary N) is 1. The number of carbonyl (C=O) groups is 2. The zero-order chi connectivity index (χ0) is 12.4. The molecule has 2 rings (SSSR count). The van der Waals surface area contributed by atoms with E-state index in [4.69, 9.17) is 15.7 Å². The van der Waals surface area contributed by atoms with Crippen molar-refractivity contribution in [2.75, 3.05) is 0 Å². The van der Waals surface area contributed by atoms with Crippen LogP contribution in [-0.4, -0.2) is 28.8 Å². The van der Waals surface area contributed by atoms with Crippen molar-refractivity contribution in [3.63, 3.8) is 0 Å². The van der Waals surface area contributed by atoms with Crippen molar-refractivity contribution in [1.82, 2.24) is 0 Å². The third-order valence-electron chi connectivity index (χ3n) is 2.48. The van der Waals surface area contributed by atoms with Gasteiger partial charge in [0.1, 0.15) is 5.71 Å². The highest BCUT2D eigenvalue weighted by Crippen LogP contribution is 2.23. The minimum absolute atomic E-state index is 0.210. The first-order chi connectivity index (χ1) is 8.11. The van der Waals surface area contributed by atoms with Crippen molar-refractivity contribution in [3.8, 4) is 0 Å². The molecule has 0 radical (unpaired) electrons. The summed E-state index contributed by atoms with van der Waals surface area (Å²) in [6, 6.07) is 8.67. The van der Waals surface area contributed by atoms with Crippen molar-refractivity contribution in [3.05, 3.63) is 35.9 Å². The van der Waals surface area contributed by atoms with Gasteiger partial charge in [-0.15, -0.1) is 0 Å². The predicted octanol–water partition coefficient (Wildman–Crippen LogP) is -0.0244. The molecule has 0 spiro atoms. The second kappa shape index (κ2) is 4.25. The lowest BCUT2D eigenvalue weighted by Gasteiger charge is -2.11. The fourth-order valence-electron chi connectivity index (χ4n) is 1.68. The van der Waals surface area contributed by atoms with Gasteiger partial charge in [-0.25, -0.2) is 0 Å². The number of hydrogen-bond donors (Lipinski definition) is 2. The predicted molar refractivity (Wildman–Crippen MR) is 58.2 cm³/mol. The molecule has 6 heteroatoms. The van der Waals surface area contributed by atoms with E-state index in [0.717, 1.165) is 0 Å². The topological polar surface area (TPSA) is 102 Å². The number of primary amides is 1. The van der Waals surface area contributed by atoms with Crippen molar-refractivity contribution < 1.29 is 19.5 Å². The van der Waals surface area contributed by atoms with Crippen LogP contribution in [0.25, 0.3) is 0 Å². The summed E-state index contributed by atoms with van der Waals surface area (Å²) in [5.41, 5.74) is 5.88. The monoisotopic (exact) mass is 234 g/mol. The van der Waals surface area contributed by atoms with Gasteiger partial charge >= 0.3 is 5.97 Å². The van der Waals surface area contributed by atoms with Crippen LogP contribution in [0.15, 0.2) is 35.5 Å². The van der Waals surface area contributed by atoms with E-state index in [1.165, 1.54) is 0 Å². The Labute approximate surface area is 96.7 Å². The van der Waals surface area contributed by atoms with E-state index in [1.807, 2.05) is 0 Å². The Kier molecular flexibility index (Phi) is 2.78. The largest absolute Gasteiger partial charge is 0.481 e. The van der Waals surface area contributed by atoms with Gasteiger partial charge in [0, 0.05) is 5.56 Å². The fraction of sp³-hybridized carbons (Fsp3) is 0.182. The molecule has 1 aliphatic rings. The molecule has 0 aliphatic carbocycles. The Morgan fingerprint density at radius 2 is 1.94 bits per heavy atom. The molecular weight excluding hydrogens is 224 g/mol. The zero-order valence-electron chi connectivity index (χ0n) is 8.74. The molecule has 0 saturated heterocycles. The van der Waals surface area contributed by atoms with E-state index in [2.05, 4.69) is 5.16 Å². The van der Waals surface area contributed by atoms with Gasteiger partial charge in [-0.05, 0) is 0 Å². The van der Waals surface area contributed by atoms with Crippen LogP contribution >= 0.6 is 0 Å². The van der Waals surface area contributed by atoms with E-state index >= 15 is 0 Å². The molecule has 88 valence electrons. The summed E-state index contributed by atoms with van der Waals surface area (Å²) in [6.45, 7) is 0. The van der Waals surface area contributed by atoms with E-state index in [1.54, 1.807) is 30.3 Å². The number of carboxylic acid groups (broad SMARTS) is 1. The molecule has 0 fully saturated rings. The van der Waals surface area contributed by atoms with Gasteiger partial charge in [0.15, 0.2) is 5.92 Å². The summed E-state index contributed by atoms with van der Waals surface area (Å²) in [7, 11) is 0. The first kappa shape index (κ1) is 11.1. The molecule has 0 unspecified atom stereocenters. The third kappa shape index (κ3) is 1.96. The highest BCUT2D eigenvalue weighted by atomic mass is 16.6. The van der Waals surface area contributed by atoms with Crippen LogP contribution in [0.5, 0.6) is 0 Å². The summed E-state index contributed by atoms with van der Waals surface area (Å²) in [5, 5.41) is 12.7. The van der Waals surface area contributed by atoms with E-state index < -0.39 is 23.9 Å². The molecule has 0 saturated carbocycles. The minimum Gasteiger partial charge on any atom is -0.481 e. The molecule has 3 N–H and O–H groups in total. The number of hydrogen-bond acceptors (Lipinski definition) is 4. The number of oxime groups is 1. The molecule has 1 amide bonds. The Morgan fingerprint density at radius 1 is 1.29 bits per heavy atom. The van der Waals surface area contributed by atoms with Gasteiger partial charge in [0.2, 0.25) is 6.10 Å². The average molecular weight is 234 g/mol. The Hall–Kier alpha value is -2.37. The SMILES string of the molecule is NC(=O)[C@@H]1ON=C(c2ccccc2)[C@@H]1C(=O)O.